The van der Waals surface area contributed by atoms with Crippen LogP contribution in [0.5, 0.6) is 17.2 Å². The van der Waals surface area contributed by atoms with E-state index < -0.39 is 36.0 Å². The number of carboxylic acids is 1. The Morgan fingerprint density at radius 2 is 1.69 bits per heavy atom. The van der Waals surface area contributed by atoms with Gasteiger partial charge in [0.05, 0.1) is 10.0 Å². The number of benzene rings is 4. The summed E-state index contributed by atoms with van der Waals surface area (Å²) in [4.78, 5) is 50.1. The highest BCUT2D eigenvalue weighted by Crippen LogP contribution is 2.41. The third-order valence-electron chi connectivity index (χ3n) is 10.7. The second kappa shape index (κ2) is 16.8. The lowest BCUT2D eigenvalue weighted by atomic mass is 9.92. The molecule has 0 spiro atoms. The first-order valence-corrected chi connectivity index (χ1v) is 19.6. The van der Waals surface area contributed by atoms with E-state index in [1.54, 1.807) is 18.3 Å². The molecule has 0 aliphatic carbocycles. The van der Waals surface area contributed by atoms with E-state index >= 15 is 0 Å². The van der Waals surface area contributed by atoms with Crippen molar-refractivity contribution in [2.45, 2.75) is 58.0 Å². The molecule has 300 valence electrons. The number of halogens is 2. The van der Waals surface area contributed by atoms with Crippen molar-refractivity contribution in [2.24, 2.45) is 0 Å². The Morgan fingerprint density at radius 3 is 2.42 bits per heavy atom. The van der Waals surface area contributed by atoms with Crippen LogP contribution >= 0.6 is 23.2 Å². The number of H-pyrrole nitrogens is 1. The van der Waals surface area contributed by atoms with Crippen LogP contribution in [0.25, 0.3) is 11.1 Å². The van der Waals surface area contributed by atoms with E-state index in [9.17, 15) is 19.5 Å². The molecule has 0 radical (unpaired) electrons. The number of hydrogen-bond acceptors (Lipinski definition) is 9. The molecule has 0 unspecified atom stereocenters. The van der Waals surface area contributed by atoms with Crippen molar-refractivity contribution in [3.05, 3.63) is 152 Å². The molecule has 3 N–H and O–H groups in total. The number of carbonyl (C=O) groups is 3. The molecule has 15 heteroatoms. The number of aromatic amines is 1. The van der Waals surface area contributed by atoms with Crippen LogP contribution in [0.3, 0.4) is 0 Å². The summed E-state index contributed by atoms with van der Waals surface area (Å²) >= 11 is 12.2. The molecule has 0 saturated carbocycles. The van der Waals surface area contributed by atoms with Crippen LogP contribution in [0.15, 0.2) is 97.5 Å². The van der Waals surface area contributed by atoms with E-state index in [4.69, 9.17) is 37.4 Å². The van der Waals surface area contributed by atoms with Crippen molar-refractivity contribution in [1.29, 1.82) is 0 Å². The number of pyridine rings is 1. The summed E-state index contributed by atoms with van der Waals surface area (Å²) in [7, 11) is 0. The van der Waals surface area contributed by atoms with Crippen molar-refractivity contribution in [3.8, 4) is 28.4 Å². The van der Waals surface area contributed by atoms with Gasteiger partial charge in [0.15, 0.2) is 17.6 Å². The smallest absolute Gasteiger partial charge is 0.326 e. The van der Waals surface area contributed by atoms with E-state index in [-0.39, 0.29) is 31.8 Å². The summed E-state index contributed by atoms with van der Waals surface area (Å²) in [6.45, 7) is 4.53. The van der Waals surface area contributed by atoms with Crippen LogP contribution in [-0.4, -0.2) is 66.6 Å². The van der Waals surface area contributed by atoms with Gasteiger partial charge in [-0.3, -0.25) is 19.7 Å². The maximum Gasteiger partial charge on any atom is 0.326 e. The maximum atomic E-state index is 14.1. The highest BCUT2D eigenvalue weighted by molar-refractivity contribution is 6.42. The molecular formula is C44H38Cl2N6O7. The number of hydrogen-bond donors (Lipinski definition) is 3. The topological polar surface area (TPSA) is 169 Å². The average molecular weight is 834 g/mol. The van der Waals surface area contributed by atoms with Gasteiger partial charge in [-0.15, -0.1) is 0 Å². The Hall–Kier alpha value is -6.44. The van der Waals surface area contributed by atoms with Gasteiger partial charge in [0.2, 0.25) is 11.7 Å². The second-order valence-corrected chi connectivity index (χ2v) is 15.3. The molecule has 4 aromatic carbocycles. The van der Waals surface area contributed by atoms with E-state index in [2.05, 4.69) is 25.5 Å². The molecule has 0 bridgehead atoms. The predicted octanol–water partition coefficient (Wildman–Crippen LogP) is 7.26. The van der Waals surface area contributed by atoms with Crippen molar-refractivity contribution < 1.29 is 33.7 Å². The summed E-state index contributed by atoms with van der Waals surface area (Å²) in [6.07, 6.45) is 2.67. The van der Waals surface area contributed by atoms with Crippen molar-refractivity contribution in [1.82, 2.24) is 30.4 Å². The van der Waals surface area contributed by atoms with Crippen molar-refractivity contribution in [2.75, 3.05) is 6.61 Å². The number of carbonyl (C=O) groups excluding carboxylic acids is 2. The number of aliphatic carboxylic acids is 1. The van der Waals surface area contributed by atoms with Crippen LogP contribution in [0.2, 0.25) is 10.0 Å². The molecule has 2 amide bonds. The van der Waals surface area contributed by atoms with Crippen molar-refractivity contribution >= 4 is 41.0 Å². The van der Waals surface area contributed by atoms with Crippen LogP contribution in [0.1, 0.15) is 55.8 Å². The quantitative estimate of drug-likeness (QED) is 0.121. The number of rotatable bonds is 11. The molecule has 13 nitrogen and oxygen atoms in total. The highest BCUT2D eigenvalue weighted by atomic mass is 35.5. The number of nitrogens with zero attached hydrogens (tertiary/aromatic N) is 4. The van der Waals surface area contributed by atoms with Gasteiger partial charge in [0.1, 0.15) is 37.4 Å². The van der Waals surface area contributed by atoms with E-state index in [1.807, 2.05) is 86.6 Å². The number of aryl methyl sites for hydroxylation is 1. The van der Waals surface area contributed by atoms with Crippen LogP contribution in [0, 0.1) is 13.8 Å². The molecular weight excluding hydrogens is 795 g/mol. The SMILES string of the molecule is Cc1nccc(-c2ccc(C[C@H](NC(=O)[C@@H]3Cc4cc5c(cc4CN3C(=O)c3ncn[nH]3)O[C@@H](c3ccc(OCc4ccc(Cl)c(Cl)c4)cc3)CO5)C(=O)O)cc2)c1C. The first kappa shape index (κ1) is 39.4. The zero-order valence-corrected chi connectivity index (χ0v) is 33.5. The maximum absolute atomic E-state index is 14.1. The number of aromatic nitrogens is 4. The van der Waals surface area contributed by atoms with Crippen LogP contribution < -0.4 is 19.5 Å². The van der Waals surface area contributed by atoms with Gasteiger partial charge in [-0.1, -0.05) is 65.7 Å². The fourth-order valence-electron chi connectivity index (χ4n) is 7.26. The molecule has 0 fully saturated rings. The van der Waals surface area contributed by atoms with Gasteiger partial charge in [0, 0.05) is 31.3 Å². The Labute approximate surface area is 349 Å². The predicted molar refractivity (Wildman–Crippen MR) is 219 cm³/mol. The van der Waals surface area contributed by atoms with Gasteiger partial charge in [0.25, 0.3) is 5.91 Å². The monoisotopic (exact) mass is 832 g/mol. The number of ether oxygens (including phenoxy) is 3. The normalized spacial score (nSPS) is 16.2. The first-order valence-electron chi connectivity index (χ1n) is 18.8. The van der Waals surface area contributed by atoms with Gasteiger partial charge >= 0.3 is 5.97 Å². The fourth-order valence-corrected chi connectivity index (χ4v) is 7.58. The average Bonchev–Trinajstić information content (AvgIpc) is 3.79. The minimum absolute atomic E-state index is 0.0201. The van der Waals surface area contributed by atoms with Gasteiger partial charge in [-0.2, -0.15) is 5.10 Å². The van der Waals surface area contributed by atoms with E-state index in [1.165, 1.54) is 11.2 Å². The largest absolute Gasteiger partial charge is 0.489 e. The first-order chi connectivity index (χ1) is 28.5. The molecule has 0 saturated heterocycles. The van der Waals surface area contributed by atoms with E-state index in [0.29, 0.717) is 33.9 Å². The summed E-state index contributed by atoms with van der Waals surface area (Å²) in [5, 5.41) is 20.3. The Kier molecular flexibility index (Phi) is 11.2. The highest BCUT2D eigenvalue weighted by Gasteiger charge is 2.39. The number of amides is 2. The third kappa shape index (κ3) is 8.57. The second-order valence-electron chi connectivity index (χ2n) is 14.4. The third-order valence-corrected chi connectivity index (χ3v) is 11.4. The van der Waals surface area contributed by atoms with Crippen LogP contribution in [0.4, 0.5) is 0 Å². The van der Waals surface area contributed by atoms with Gasteiger partial charge < -0.3 is 29.5 Å². The van der Waals surface area contributed by atoms with E-state index in [0.717, 1.165) is 50.2 Å². The molecule has 2 aromatic heterocycles. The summed E-state index contributed by atoms with van der Waals surface area (Å²) in [5.74, 6) is -0.784. The molecule has 4 heterocycles. The fraction of sp³-hybridized carbons (Fsp3) is 0.227. The summed E-state index contributed by atoms with van der Waals surface area (Å²) < 4.78 is 18.6. The summed E-state index contributed by atoms with van der Waals surface area (Å²) in [6, 6.07) is 23.7. The lowest BCUT2D eigenvalue weighted by Crippen LogP contribution is -2.56. The number of fused-ring (bicyclic) bond motifs is 2. The Balaban J connectivity index is 0.970. The zero-order valence-electron chi connectivity index (χ0n) is 31.9. The lowest BCUT2D eigenvalue weighted by molar-refractivity contribution is -0.142. The zero-order chi connectivity index (χ0) is 41.2. The molecule has 3 atom stereocenters. The molecule has 2 aliphatic heterocycles. The summed E-state index contributed by atoms with van der Waals surface area (Å²) in [5.41, 5.74) is 7.98. The Morgan fingerprint density at radius 1 is 0.932 bits per heavy atom. The molecule has 6 aromatic rings. The minimum atomic E-state index is -1.26. The Bertz CT molecular complexity index is 2530. The molecule has 2 aliphatic rings. The van der Waals surface area contributed by atoms with Gasteiger partial charge in [-0.25, -0.2) is 9.78 Å². The number of carboxylic acid groups (broad SMARTS) is 1. The van der Waals surface area contributed by atoms with Gasteiger partial charge in [-0.05, 0) is 101 Å². The van der Waals surface area contributed by atoms with Crippen molar-refractivity contribution in [3.63, 3.8) is 0 Å². The standard InChI is InChI=1S/C44H38Cl2N6O7/c1-24-25(2)47-14-13-33(24)28-6-3-26(4-7-28)16-36(44(55)56)50-42(53)37-17-30-18-38-39(19-31(30)20-52(37)43(54)41-48-23-49-51-41)59-40(22-58-38)29-8-10-32(11-9-29)57-21-27-5-12-34(45)35(46)15-27/h3-15,18-19,23,36-37,40H,16-17,20-22H2,1-2H3,(H,50,53)(H,55,56)(H,48,49,51)/t36-,37-,40+/m0/s1. The minimum Gasteiger partial charge on any atom is -0.489 e. The molecule has 59 heavy (non-hydrogen) atoms. The molecule has 8 rings (SSSR count). The van der Waals surface area contributed by atoms with Crippen LogP contribution in [-0.2, 0) is 35.6 Å². The number of nitrogens with one attached hydrogen (secondary N) is 2. The lowest BCUT2D eigenvalue weighted by Gasteiger charge is -2.37.